The van der Waals surface area contributed by atoms with E-state index >= 15 is 0 Å². The Morgan fingerprint density at radius 3 is 2.61 bits per heavy atom. The minimum Gasteiger partial charge on any atom is -0.450 e. The van der Waals surface area contributed by atoms with Gasteiger partial charge in [0.25, 0.3) is 5.56 Å². The summed E-state index contributed by atoms with van der Waals surface area (Å²) in [5, 5.41) is 0. The van der Waals surface area contributed by atoms with Crippen LogP contribution in [0.3, 0.4) is 0 Å². The van der Waals surface area contributed by atoms with Gasteiger partial charge >= 0.3 is 5.69 Å². The van der Waals surface area contributed by atoms with E-state index in [0.29, 0.717) is 12.6 Å². The summed E-state index contributed by atoms with van der Waals surface area (Å²) in [5.41, 5.74) is 4.23. The van der Waals surface area contributed by atoms with Gasteiger partial charge in [-0.1, -0.05) is 39.0 Å². The van der Waals surface area contributed by atoms with Crippen molar-refractivity contribution in [2.24, 2.45) is 11.7 Å². The highest BCUT2D eigenvalue weighted by molar-refractivity contribution is 7.26. The maximum Gasteiger partial charge on any atom is 0.330 e. The molecule has 4 atom stereocenters. The monoisotopic (exact) mass is 409 g/mol. The van der Waals surface area contributed by atoms with Gasteiger partial charge in [0.05, 0.1) is 12.7 Å². The maximum atomic E-state index is 11.9. The lowest BCUT2D eigenvalue weighted by molar-refractivity contribution is -0.0285. The van der Waals surface area contributed by atoms with Crippen LogP contribution in [0, 0.1) is 5.92 Å². The molecule has 8 nitrogen and oxygen atoms in total. The zero-order chi connectivity index (χ0) is 20.5. The van der Waals surface area contributed by atoms with Gasteiger partial charge in [-0.3, -0.25) is 14.3 Å². The summed E-state index contributed by atoms with van der Waals surface area (Å²) in [6.45, 7) is 6.29. The molecule has 2 heterocycles. The van der Waals surface area contributed by atoms with Crippen molar-refractivity contribution >= 4 is 9.03 Å². The molecule has 0 radical (unpaired) electrons. The van der Waals surface area contributed by atoms with E-state index in [4.69, 9.17) is 19.5 Å². The molecule has 1 aromatic heterocycles. The summed E-state index contributed by atoms with van der Waals surface area (Å²) in [7, 11) is -0.113. The number of nitrogens with zero attached hydrogens (tertiary/aromatic N) is 1. The van der Waals surface area contributed by atoms with E-state index in [1.54, 1.807) is 0 Å². The standard InChI is InChI=1S/C16H19N2O5P.C3H9N/c1-11-9-13(10-21-24-23-12-5-3-2-4-6-12)22-15(11)18-8-7-14(19)17-16(18)20;1-3(2)4/h2-8,11,13,15,24H,9-10H2,1H3,(H,17,19,20);3H,4H2,1-2H3. The molecule has 9 heteroatoms. The van der Waals surface area contributed by atoms with Gasteiger partial charge in [0, 0.05) is 18.2 Å². The van der Waals surface area contributed by atoms with E-state index < -0.39 is 17.5 Å². The Bertz CT molecular complexity index is 821. The van der Waals surface area contributed by atoms with E-state index in [2.05, 4.69) is 4.98 Å². The summed E-state index contributed by atoms with van der Waals surface area (Å²) in [6, 6.07) is 11.1. The van der Waals surface area contributed by atoms with Crippen LogP contribution in [0.2, 0.25) is 0 Å². The molecule has 3 N–H and O–H groups in total. The Hall–Kier alpha value is -1.99. The molecule has 28 heavy (non-hydrogen) atoms. The van der Waals surface area contributed by atoms with Gasteiger partial charge in [0.15, 0.2) is 0 Å². The number of benzene rings is 1. The molecule has 0 aliphatic carbocycles. The second-order valence-corrected chi connectivity index (χ2v) is 7.59. The fraction of sp³-hybridized carbons (Fsp3) is 0.474. The fourth-order valence-electron chi connectivity index (χ4n) is 2.69. The molecular weight excluding hydrogens is 381 g/mol. The average molecular weight is 409 g/mol. The van der Waals surface area contributed by atoms with E-state index in [-0.39, 0.29) is 21.1 Å². The smallest absolute Gasteiger partial charge is 0.330 e. The third-order valence-electron chi connectivity index (χ3n) is 3.81. The van der Waals surface area contributed by atoms with Crippen LogP contribution >= 0.6 is 9.03 Å². The largest absolute Gasteiger partial charge is 0.450 e. The number of aromatic amines is 1. The molecule has 0 spiro atoms. The summed E-state index contributed by atoms with van der Waals surface area (Å²) in [5.74, 6) is 0.898. The second kappa shape index (κ2) is 11.1. The van der Waals surface area contributed by atoms with Crippen LogP contribution in [0.4, 0.5) is 0 Å². The third-order valence-corrected chi connectivity index (χ3v) is 4.41. The third kappa shape index (κ3) is 7.20. The van der Waals surface area contributed by atoms with E-state index in [9.17, 15) is 9.59 Å². The normalized spacial score (nSPS) is 21.7. The number of ether oxygens (including phenoxy) is 1. The van der Waals surface area contributed by atoms with Gasteiger partial charge in [0.1, 0.15) is 12.0 Å². The molecule has 1 aromatic carbocycles. The number of aromatic nitrogens is 2. The zero-order valence-corrected chi connectivity index (χ0v) is 17.3. The van der Waals surface area contributed by atoms with Crippen molar-refractivity contribution in [3.63, 3.8) is 0 Å². The number of H-pyrrole nitrogens is 1. The SMILES string of the molecule is CC(C)N.CC1CC(COPOc2ccccc2)OC1n1ccc(=O)[nH]c1=O. The van der Waals surface area contributed by atoms with E-state index in [0.717, 1.165) is 12.2 Å². The molecule has 3 rings (SSSR count). The van der Waals surface area contributed by atoms with E-state index in [1.165, 1.54) is 16.8 Å². The Kier molecular flexibility index (Phi) is 8.86. The lowest BCUT2D eigenvalue weighted by atomic mass is 10.1. The minimum absolute atomic E-state index is 0.113. The molecule has 1 aliphatic rings. The molecule has 1 saturated heterocycles. The fourth-order valence-corrected chi connectivity index (χ4v) is 3.23. The first-order valence-electron chi connectivity index (χ1n) is 9.18. The van der Waals surface area contributed by atoms with Crippen molar-refractivity contribution in [1.29, 1.82) is 0 Å². The van der Waals surface area contributed by atoms with Gasteiger partial charge in [-0.25, -0.2) is 4.79 Å². The molecule has 0 amide bonds. The van der Waals surface area contributed by atoms with Crippen LogP contribution in [-0.2, 0) is 9.26 Å². The molecule has 0 saturated carbocycles. The number of hydrogen-bond acceptors (Lipinski definition) is 6. The Balaban J connectivity index is 0.000000640. The van der Waals surface area contributed by atoms with Gasteiger partial charge in [-0.15, -0.1) is 0 Å². The van der Waals surface area contributed by atoms with Crippen LogP contribution < -0.4 is 21.5 Å². The van der Waals surface area contributed by atoms with Gasteiger partial charge in [-0.05, 0) is 24.6 Å². The molecular formula is C19H28N3O5P. The topological polar surface area (TPSA) is 109 Å². The van der Waals surface area contributed by atoms with Crippen LogP contribution in [0.15, 0.2) is 52.2 Å². The molecule has 0 bridgehead atoms. The highest BCUT2D eigenvalue weighted by atomic mass is 31.1. The average Bonchev–Trinajstić information content (AvgIpc) is 3.00. The summed E-state index contributed by atoms with van der Waals surface area (Å²) < 4.78 is 18.3. The van der Waals surface area contributed by atoms with Crippen LogP contribution in [-0.4, -0.2) is 28.3 Å². The molecule has 2 aromatic rings. The van der Waals surface area contributed by atoms with Gasteiger partial charge in [0.2, 0.25) is 9.03 Å². The van der Waals surface area contributed by atoms with Gasteiger partial charge < -0.3 is 19.5 Å². The summed E-state index contributed by atoms with van der Waals surface area (Å²) in [6.07, 6.45) is 1.72. The number of rotatable bonds is 6. The van der Waals surface area contributed by atoms with Crippen LogP contribution in [0.25, 0.3) is 0 Å². The van der Waals surface area contributed by atoms with Crippen LogP contribution in [0.5, 0.6) is 5.75 Å². The second-order valence-electron chi connectivity index (χ2n) is 6.93. The van der Waals surface area contributed by atoms with Gasteiger partial charge in [-0.2, -0.15) is 0 Å². The molecule has 1 fully saturated rings. The Morgan fingerprint density at radius 1 is 1.29 bits per heavy atom. The quantitative estimate of drug-likeness (QED) is 0.560. The lowest BCUT2D eigenvalue weighted by Crippen LogP contribution is -2.33. The molecule has 4 unspecified atom stereocenters. The highest BCUT2D eigenvalue weighted by Gasteiger charge is 2.34. The molecule has 154 valence electrons. The minimum atomic E-state index is -0.463. The first-order chi connectivity index (χ1) is 13.4. The maximum absolute atomic E-state index is 11.9. The number of nitrogens with two attached hydrogens (primary N) is 1. The van der Waals surface area contributed by atoms with Crippen LogP contribution in [0.1, 0.15) is 33.4 Å². The molecule has 1 aliphatic heterocycles. The highest BCUT2D eigenvalue weighted by Crippen LogP contribution is 2.34. The zero-order valence-electron chi connectivity index (χ0n) is 16.3. The van der Waals surface area contributed by atoms with Crippen molar-refractivity contribution in [1.82, 2.24) is 9.55 Å². The summed E-state index contributed by atoms with van der Waals surface area (Å²) in [4.78, 5) is 25.3. The van der Waals surface area contributed by atoms with Crippen molar-refractivity contribution in [2.45, 2.75) is 45.6 Å². The lowest BCUT2D eigenvalue weighted by Gasteiger charge is -2.17. The predicted molar refractivity (Wildman–Crippen MR) is 110 cm³/mol. The van der Waals surface area contributed by atoms with Crippen molar-refractivity contribution in [2.75, 3.05) is 6.61 Å². The number of hydrogen-bond donors (Lipinski definition) is 2. The summed E-state index contributed by atoms with van der Waals surface area (Å²) >= 11 is 0. The van der Waals surface area contributed by atoms with Crippen molar-refractivity contribution in [3.8, 4) is 5.75 Å². The first-order valence-corrected chi connectivity index (χ1v) is 9.99. The van der Waals surface area contributed by atoms with Crippen molar-refractivity contribution < 1.29 is 13.8 Å². The number of nitrogens with one attached hydrogen (secondary N) is 1. The number of para-hydroxylation sites is 1. The first kappa shape index (κ1) is 22.3. The van der Waals surface area contributed by atoms with Crippen molar-refractivity contribution in [3.05, 3.63) is 63.4 Å². The predicted octanol–water partition coefficient (Wildman–Crippen LogP) is 2.42. The van der Waals surface area contributed by atoms with E-state index in [1.807, 2.05) is 51.1 Å². The Morgan fingerprint density at radius 2 is 1.96 bits per heavy atom. The Labute approximate surface area is 166 Å².